The Labute approximate surface area is 134 Å². The molecule has 0 spiro atoms. The molecule has 0 bridgehead atoms. The van der Waals surface area contributed by atoms with Crippen molar-refractivity contribution in [1.82, 2.24) is 0 Å². The van der Waals surface area contributed by atoms with Crippen LogP contribution in [0.5, 0.6) is 0 Å². The molecule has 5 heteroatoms. The first kappa shape index (κ1) is 14.1. The third-order valence-corrected chi connectivity index (χ3v) is 4.94. The Bertz CT molecular complexity index is 841. The largest absolute Gasteiger partial charge is 0.399 e. The summed E-state index contributed by atoms with van der Waals surface area (Å²) in [6, 6.07) is 13.4. The fourth-order valence-electron chi connectivity index (χ4n) is 2.09. The van der Waals surface area contributed by atoms with Gasteiger partial charge in [-0.15, -0.1) is 11.3 Å². The van der Waals surface area contributed by atoms with Gasteiger partial charge in [0.1, 0.15) is 0 Å². The molecule has 0 atom stereocenters. The summed E-state index contributed by atoms with van der Waals surface area (Å²) >= 11 is 4.91. The monoisotopic (exact) mass is 360 g/mol. The Kier molecular flexibility index (Phi) is 3.69. The smallest absolute Gasteiger partial charge is 0.265 e. The number of nitrogens with two attached hydrogens (primary N) is 1. The molecule has 0 radical (unpaired) electrons. The van der Waals surface area contributed by atoms with Crippen molar-refractivity contribution in [3.8, 4) is 0 Å². The highest BCUT2D eigenvalue weighted by Crippen LogP contribution is 2.29. The minimum absolute atomic E-state index is 0.110. The van der Waals surface area contributed by atoms with E-state index in [1.165, 1.54) is 11.3 Å². The van der Waals surface area contributed by atoms with E-state index in [0.29, 0.717) is 10.6 Å². The van der Waals surface area contributed by atoms with Crippen LogP contribution in [-0.2, 0) is 0 Å². The molecule has 21 heavy (non-hydrogen) atoms. The van der Waals surface area contributed by atoms with Crippen molar-refractivity contribution in [1.29, 1.82) is 0 Å². The molecule has 0 aliphatic carbocycles. The number of hydrogen-bond donors (Lipinski definition) is 2. The summed E-state index contributed by atoms with van der Waals surface area (Å²) in [5.41, 5.74) is 8.34. The first-order chi connectivity index (χ1) is 10.0. The zero-order chi connectivity index (χ0) is 15.0. The van der Waals surface area contributed by atoms with E-state index in [-0.39, 0.29) is 5.91 Å². The second-order valence-corrected chi connectivity index (χ2v) is 6.78. The van der Waals surface area contributed by atoms with Crippen molar-refractivity contribution >= 4 is 54.6 Å². The van der Waals surface area contributed by atoms with Gasteiger partial charge in [0.15, 0.2) is 0 Å². The van der Waals surface area contributed by atoms with Crippen LogP contribution < -0.4 is 11.1 Å². The van der Waals surface area contributed by atoms with E-state index in [2.05, 4.69) is 21.2 Å². The molecular formula is C16H13BrN2OS. The molecule has 0 fully saturated rings. The summed E-state index contributed by atoms with van der Waals surface area (Å²) in [6.45, 7) is 1.99. The van der Waals surface area contributed by atoms with Crippen LogP contribution in [0.4, 0.5) is 11.4 Å². The lowest BCUT2D eigenvalue weighted by molar-refractivity contribution is 0.103. The summed E-state index contributed by atoms with van der Waals surface area (Å²) in [5, 5.41) is 3.93. The molecular weight excluding hydrogens is 348 g/mol. The van der Waals surface area contributed by atoms with Crippen molar-refractivity contribution in [3.63, 3.8) is 0 Å². The quantitative estimate of drug-likeness (QED) is 0.644. The highest BCUT2D eigenvalue weighted by molar-refractivity contribution is 9.10. The molecule has 0 aliphatic rings. The predicted octanol–water partition coefficient (Wildman–Crippen LogP) is 4.81. The molecule has 0 saturated carbocycles. The Morgan fingerprint density at radius 3 is 2.81 bits per heavy atom. The van der Waals surface area contributed by atoms with E-state index in [1.54, 1.807) is 0 Å². The Morgan fingerprint density at radius 2 is 2.00 bits per heavy atom. The van der Waals surface area contributed by atoms with E-state index in [1.807, 2.05) is 49.4 Å². The molecule has 1 amide bonds. The van der Waals surface area contributed by atoms with Gasteiger partial charge in [-0.1, -0.05) is 6.07 Å². The minimum Gasteiger partial charge on any atom is -0.399 e. The number of aryl methyl sites for hydroxylation is 1. The molecule has 3 rings (SSSR count). The SMILES string of the molecule is Cc1ccc(Br)c(NC(=O)c2cc3cc(N)ccc3s2)c1. The number of thiophene rings is 1. The number of carbonyl (C=O) groups excluding carboxylic acids is 1. The predicted molar refractivity (Wildman–Crippen MR) is 93.1 cm³/mol. The number of halogens is 1. The lowest BCUT2D eigenvalue weighted by Gasteiger charge is -2.07. The third-order valence-electron chi connectivity index (χ3n) is 3.13. The van der Waals surface area contributed by atoms with Crippen LogP contribution in [0, 0.1) is 6.92 Å². The number of fused-ring (bicyclic) bond motifs is 1. The maximum absolute atomic E-state index is 12.4. The number of anilines is 2. The van der Waals surface area contributed by atoms with Gasteiger partial charge in [0.2, 0.25) is 0 Å². The third kappa shape index (κ3) is 2.94. The van der Waals surface area contributed by atoms with E-state index < -0.39 is 0 Å². The Balaban J connectivity index is 1.91. The van der Waals surface area contributed by atoms with Crippen molar-refractivity contribution in [2.75, 3.05) is 11.1 Å². The van der Waals surface area contributed by atoms with Gasteiger partial charge in [0.25, 0.3) is 5.91 Å². The van der Waals surface area contributed by atoms with Crippen LogP contribution in [0.25, 0.3) is 10.1 Å². The lowest BCUT2D eigenvalue weighted by atomic mass is 10.2. The first-order valence-electron chi connectivity index (χ1n) is 6.39. The van der Waals surface area contributed by atoms with Crippen molar-refractivity contribution < 1.29 is 4.79 Å². The van der Waals surface area contributed by atoms with Crippen LogP contribution in [0.3, 0.4) is 0 Å². The summed E-state index contributed by atoms with van der Waals surface area (Å²) in [7, 11) is 0. The Morgan fingerprint density at radius 1 is 1.19 bits per heavy atom. The second-order valence-electron chi connectivity index (χ2n) is 4.85. The van der Waals surface area contributed by atoms with Gasteiger partial charge in [-0.25, -0.2) is 0 Å². The van der Waals surface area contributed by atoms with Gasteiger partial charge >= 0.3 is 0 Å². The molecule has 106 valence electrons. The van der Waals surface area contributed by atoms with Crippen LogP contribution >= 0.6 is 27.3 Å². The summed E-state index contributed by atoms with van der Waals surface area (Å²) in [5.74, 6) is -0.110. The summed E-state index contributed by atoms with van der Waals surface area (Å²) in [6.07, 6.45) is 0. The molecule has 3 aromatic rings. The number of rotatable bonds is 2. The first-order valence-corrected chi connectivity index (χ1v) is 8.00. The summed E-state index contributed by atoms with van der Waals surface area (Å²) in [4.78, 5) is 13.0. The molecule has 0 unspecified atom stereocenters. The van der Waals surface area contributed by atoms with Crippen molar-refractivity contribution in [2.45, 2.75) is 6.92 Å². The van der Waals surface area contributed by atoms with Crippen LogP contribution in [-0.4, -0.2) is 5.91 Å². The van der Waals surface area contributed by atoms with Crippen LogP contribution in [0.1, 0.15) is 15.2 Å². The van der Waals surface area contributed by atoms with Gasteiger partial charge in [-0.05, 0) is 70.2 Å². The maximum atomic E-state index is 12.4. The highest BCUT2D eigenvalue weighted by atomic mass is 79.9. The van der Waals surface area contributed by atoms with Gasteiger partial charge in [-0.2, -0.15) is 0 Å². The molecule has 3 N–H and O–H groups in total. The summed E-state index contributed by atoms with van der Waals surface area (Å²) < 4.78 is 1.92. The molecule has 3 nitrogen and oxygen atoms in total. The number of benzene rings is 2. The van der Waals surface area contributed by atoms with Crippen LogP contribution in [0.15, 0.2) is 46.9 Å². The Hall–Kier alpha value is -1.85. The normalized spacial score (nSPS) is 10.8. The zero-order valence-electron chi connectivity index (χ0n) is 11.3. The van der Waals surface area contributed by atoms with E-state index in [4.69, 9.17) is 5.73 Å². The average molecular weight is 361 g/mol. The zero-order valence-corrected chi connectivity index (χ0v) is 13.7. The van der Waals surface area contributed by atoms with E-state index >= 15 is 0 Å². The molecule has 1 heterocycles. The molecule has 0 saturated heterocycles. The fraction of sp³-hybridized carbons (Fsp3) is 0.0625. The van der Waals surface area contributed by atoms with E-state index in [0.717, 1.165) is 25.8 Å². The van der Waals surface area contributed by atoms with Gasteiger partial charge < -0.3 is 11.1 Å². The van der Waals surface area contributed by atoms with Crippen molar-refractivity contribution in [2.24, 2.45) is 0 Å². The minimum atomic E-state index is -0.110. The number of nitrogens with one attached hydrogen (secondary N) is 1. The number of amides is 1. The van der Waals surface area contributed by atoms with Gasteiger partial charge in [0.05, 0.1) is 10.6 Å². The number of nitrogen functional groups attached to an aromatic ring is 1. The van der Waals surface area contributed by atoms with Gasteiger partial charge in [0, 0.05) is 14.9 Å². The average Bonchev–Trinajstić information content (AvgIpc) is 2.86. The van der Waals surface area contributed by atoms with Gasteiger partial charge in [-0.3, -0.25) is 4.79 Å². The van der Waals surface area contributed by atoms with E-state index in [9.17, 15) is 4.79 Å². The second kappa shape index (κ2) is 5.50. The highest BCUT2D eigenvalue weighted by Gasteiger charge is 2.12. The van der Waals surface area contributed by atoms with Crippen molar-refractivity contribution in [3.05, 3.63) is 57.4 Å². The topological polar surface area (TPSA) is 55.1 Å². The lowest BCUT2D eigenvalue weighted by Crippen LogP contribution is -2.10. The molecule has 0 aliphatic heterocycles. The number of hydrogen-bond acceptors (Lipinski definition) is 3. The fourth-order valence-corrected chi connectivity index (χ4v) is 3.38. The standard InChI is InChI=1S/C16H13BrN2OS/c1-9-2-4-12(17)13(6-9)19-16(20)15-8-10-7-11(18)3-5-14(10)21-15/h2-8H,18H2,1H3,(H,19,20). The molecule has 1 aromatic heterocycles. The number of carbonyl (C=O) groups is 1. The maximum Gasteiger partial charge on any atom is 0.265 e. The molecule has 2 aromatic carbocycles. The van der Waals surface area contributed by atoms with Crippen LogP contribution in [0.2, 0.25) is 0 Å².